The Kier molecular flexibility index (Phi) is 6.58. The SMILES string of the molecule is O=C1S/C(=C\c2cn(Cc3ccc(Cl)cc3)c3ccc(Br)cc23)C(=O)N1Cc1ccc(Cl)cc1. The highest BCUT2D eigenvalue weighted by Crippen LogP contribution is 2.36. The standard InChI is InChI=1S/C26H17BrCl2N2O2S/c27-19-5-10-23-22(12-19)18(15-30(23)13-16-1-6-20(28)7-2-16)11-24-25(32)31(26(33)34-24)14-17-3-8-21(29)9-4-17/h1-12,15H,13-14H2/b24-11-. The van der Waals surface area contributed by atoms with Gasteiger partial charge in [0.2, 0.25) is 0 Å². The molecule has 1 aliphatic heterocycles. The average Bonchev–Trinajstić information content (AvgIpc) is 3.28. The predicted molar refractivity (Wildman–Crippen MR) is 143 cm³/mol. The van der Waals surface area contributed by atoms with Crippen LogP contribution >= 0.6 is 50.9 Å². The molecule has 3 aromatic carbocycles. The fourth-order valence-electron chi connectivity index (χ4n) is 3.88. The summed E-state index contributed by atoms with van der Waals surface area (Å²) in [4.78, 5) is 27.4. The molecule has 4 aromatic rings. The van der Waals surface area contributed by atoms with Crippen molar-refractivity contribution < 1.29 is 9.59 Å². The van der Waals surface area contributed by atoms with Crippen LogP contribution in [0.25, 0.3) is 17.0 Å². The zero-order valence-corrected chi connectivity index (χ0v) is 21.6. The highest BCUT2D eigenvalue weighted by molar-refractivity contribution is 9.10. The normalized spacial score (nSPS) is 15.1. The molecule has 0 bridgehead atoms. The first kappa shape index (κ1) is 23.2. The van der Waals surface area contributed by atoms with E-state index in [0.29, 0.717) is 21.5 Å². The molecule has 2 amide bonds. The monoisotopic (exact) mass is 570 g/mol. The smallest absolute Gasteiger partial charge is 0.293 e. The molecular weight excluding hydrogens is 555 g/mol. The minimum absolute atomic E-state index is 0.211. The molecule has 0 unspecified atom stereocenters. The number of thioether (sulfide) groups is 1. The Labute approximate surface area is 219 Å². The number of fused-ring (bicyclic) bond motifs is 1. The largest absolute Gasteiger partial charge is 0.342 e. The van der Waals surface area contributed by atoms with Crippen LogP contribution in [0, 0.1) is 0 Å². The maximum absolute atomic E-state index is 13.1. The van der Waals surface area contributed by atoms with Crippen molar-refractivity contribution in [3.05, 3.63) is 109 Å². The van der Waals surface area contributed by atoms with Gasteiger partial charge < -0.3 is 4.57 Å². The van der Waals surface area contributed by atoms with Crippen LogP contribution in [0.2, 0.25) is 10.0 Å². The van der Waals surface area contributed by atoms with E-state index in [4.69, 9.17) is 23.2 Å². The van der Waals surface area contributed by atoms with Crippen molar-refractivity contribution in [3.8, 4) is 0 Å². The third-order valence-corrected chi connectivity index (χ3v) is 7.46. The Hall–Kier alpha value is -2.51. The van der Waals surface area contributed by atoms with Gasteiger partial charge in [-0.05, 0) is 71.4 Å². The summed E-state index contributed by atoms with van der Waals surface area (Å²) >= 11 is 16.5. The number of carbonyl (C=O) groups excluding carboxylic acids is 2. The molecule has 1 aliphatic rings. The predicted octanol–water partition coefficient (Wildman–Crippen LogP) is 8.00. The molecule has 0 aliphatic carbocycles. The van der Waals surface area contributed by atoms with Gasteiger partial charge in [0.25, 0.3) is 11.1 Å². The highest BCUT2D eigenvalue weighted by Gasteiger charge is 2.35. The lowest BCUT2D eigenvalue weighted by atomic mass is 10.1. The van der Waals surface area contributed by atoms with Gasteiger partial charge in [0, 0.05) is 43.7 Å². The zero-order valence-electron chi connectivity index (χ0n) is 17.7. The number of imide groups is 1. The molecule has 1 fully saturated rings. The first-order valence-corrected chi connectivity index (χ1v) is 12.8. The van der Waals surface area contributed by atoms with E-state index in [0.717, 1.165) is 43.8 Å². The molecule has 0 N–H and O–H groups in total. The molecule has 1 aromatic heterocycles. The van der Waals surface area contributed by atoms with Gasteiger partial charge in [-0.3, -0.25) is 14.5 Å². The molecule has 2 heterocycles. The van der Waals surface area contributed by atoms with Gasteiger partial charge in [0.15, 0.2) is 0 Å². The number of aromatic nitrogens is 1. The summed E-state index contributed by atoms with van der Waals surface area (Å²) in [5.74, 6) is -0.293. The quantitative estimate of drug-likeness (QED) is 0.228. The van der Waals surface area contributed by atoms with Gasteiger partial charge >= 0.3 is 0 Å². The van der Waals surface area contributed by atoms with Crippen molar-refractivity contribution in [3.63, 3.8) is 0 Å². The van der Waals surface area contributed by atoms with Crippen LogP contribution in [0.4, 0.5) is 4.79 Å². The highest BCUT2D eigenvalue weighted by atomic mass is 79.9. The van der Waals surface area contributed by atoms with Crippen LogP contribution in [0.3, 0.4) is 0 Å². The molecule has 0 radical (unpaired) electrons. The number of benzene rings is 3. The maximum Gasteiger partial charge on any atom is 0.293 e. The second-order valence-corrected chi connectivity index (χ2v) is 10.7. The van der Waals surface area contributed by atoms with E-state index >= 15 is 0 Å². The molecule has 34 heavy (non-hydrogen) atoms. The fraction of sp³-hybridized carbons (Fsp3) is 0.0769. The Morgan fingerprint density at radius 3 is 2.12 bits per heavy atom. The van der Waals surface area contributed by atoms with E-state index in [9.17, 15) is 9.59 Å². The topological polar surface area (TPSA) is 42.3 Å². The number of nitrogens with zero attached hydrogens (tertiary/aromatic N) is 2. The lowest BCUT2D eigenvalue weighted by Crippen LogP contribution is -2.27. The van der Waals surface area contributed by atoms with E-state index in [1.807, 2.05) is 60.8 Å². The Morgan fingerprint density at radius 2 is 1.47 bits per heavy atom. The minimum Gasteiger partial charge on any atom is -0.342 e. The summed E-state index contributed by atoms with van der Waals surface area (Å²) in [7, 11) is 0. The molecular formula is C26H17BrCl2N2O2S. The number of amides is 2. The summed E-state index contributed by atoms with van der Waals surface area (Å²) in [6.07, 6.45) is 3.82. The minimum atomic E-state index is -0.293. The van der Waals surface area contributed by atoms with Crippen LogP contribution in [-0.2, 0) is 17.9 Å². The van der Waals surface area contributed by atoms with Gasteiger partial charge in [0.1, 0.15) is 0 Å². The molecule has 0 atom stereocenters. The van der Waals surface area contributed by atoms with Crippen molar-refractivity contribution in [2.24, 2.45) is 0 Å². The first-order chi connectivity index (χ1) is 16.4. The van der Waals surface area contributed by atoms with E-state index in [1.165, 1.54) is 4.90 Å². The maximum atomic E-state index is 13.1. The van der Waals surface area contributed by atoms with Crippen LogP contribution in [-0.4, -0.2) is 20.6 Å². The van der Waals surface area contributed by atoms with Crippen LogP contribution < -0.4 is 0 Å². The van der Waals surface area contributed by atoms with Crippen molar-refractivity contribution in [2.45, 2.75) is 13.1 Å². The number of halogens is 3. The first-order valence-electron chi connectivity index (χ1n) is 10.4. The molecule has 170 valence electrons. The number of rotatable bonds is 5. The Morgan fingerprint density at radius 1 is 0.853 bits per heavy atom. The van der Waals surface area contributed by atoms with E-state index in [2.05, 4.69) is 20.5 Å². The molecule has 8 heteroatoms. The number of hydrogen-bond donors (Lipinski definition) is 0. The zero-order chi connectivity index (χ0) is 23.8. The summed E-state index contributed by atoms with van der Waals surface area (Å²) in [6.45, 7) is 0.865. The summed E-state index contributed by atoms with van der Waals surface area (Å²) in [5.41, 5.74) is 3.86. The van der Waals surface area contributed by atoms with Crippen LogP contribution in [0.1, 0.15) is 16.7 Å². The van der Waals surface area contributed by atoms with Crippen LogP contribution in [0.15, 0.2) is 82.3 Å². The van der Waals surface area contributed by atoms with Gasteiger partial charge in [-0.1, -0.05) is 63.4 Å². The number of hydrogen-bond acceptors (Lipinski definition) is 3. The summed E-state index contributed by atoms with van der Waals surface area (Å²) in [5, 5.41) is 2.02. The van der Waals surface area contributed by atoms with Crippen molar-refractivity contribution in [1.82, 2.24) is 9.47 Å². The molecule has 4 nitrogen and oxygen atoms in total. The summed E-state index contributed by atoms with van der Waals surface area (Å²) < 4.78 is 3.07. The van der Waals surface area contributed by atoms with Gasteiger partial charge in [-0.2, -0.15) is 0 Å². The van der Waals surface area contributed by atoms with E-state index < -0.39 is 0 Å². The number of carbonyl (C=O) groups is 2. The third kappa shape index (κ3) is 4.82. The second kappa shape index (κ2) is 9.62. The van der Waals surface area contributed by atoms with E-state index in [-0.39, 0.29) is 17.7 Å². The van der Waals surface area contributed by atoms with Crippen LogP contribution in [0.5, 0.6) is 0 Å². The second-order valence-electron chi connectivity index (χ2n) is 7.89. The van der Waals surface area contributed by atoms with Crippen molar-refractivity contribution >= 4 is 79.0 Å². The van der Waals surface area contributed by atoms with E-state index in [1.54, 1.807) is 18.2 Å². The lowest BCUT2D eigenvalue weighted by Gasteiger charge is -2.12. The Balaban J connectivity index is 1.47. The Bertz CT molecular complexity index is 1450. The molecule has 5 rings (SSSR count). The molecule has 0 saturated carbocycles. The third-order valence-electron chi connectivity index (χ3n) is 5.55. The fourth-order valence-corrected chi connectivity index (χ4v) is 5.32. The molecule has 0 spiro atoms. The van der Waals surface area contributed by atoms with Gasteiger partial charge in [-0.15, -0.1) is 0 Å². The lowest BCUT2D eigenvalue weighted by molar-refractivity contribution is -0.123. The summed E-state index contributed by atoms with van der Waals surface area (Å²) in [6, 6.07) is 20.9. The van der Waals surface area contributed by atoms with Crippen molar-refractivity contribution in [2.75, 3.05) is 0 Å². The van der Waals surface area contributed by atoms with Crippen molar-refractivity contribution in [1.29, 1.82) is 0 Å². The van der Waals surface area contributed by atoms with Gasteiger partial charge in [-0.25, -0.2) is 0 Å². The molecule has 1 saturated heterocycles. The average molecular weight is 572 g/mol. The van der Waals surface area contributed by atoms with Gasteiger partial charge in [0.05, 0.1) is 11.4 Å².